The summed E-state index contributed by atoms with van der Waals surface area (Å²) in [7, 11) is 0. The van der Waals surface area contributed by atoms with Gasteiger partial charge in [0, 0.05) is 17.7 Å². The van der Waals surface area contributed by atoms with Crippen LogP contribution in [0.1, 0.15) is 30.9 Å². The standard InChI is InChI=1S/C13H18F2N2/c14-10-3-4-11(12(15)7-10)13(16)6-9-2-1-5-17-8-9/h3-4,7,9,13,17H,1-2,5-6,8,16H2. The molecule has 0 amide bonds. The van der Waals surface area contributed by atoms with Crippen molar-refractivity contribution in [2.24, 2.45) is 11.7 Å². The van der Waals surface area contributed by atoms with E-state index in [9.17, 15) is 8.78 Å². The molecular formula is C13H18F2N2. The smallest absolute Gasteiger partial charge is 0.130 e. The van der Waals surface area contributed by atoms with Gasteiger partial charge in [-0.3, -0.25) is 0 Å². The van der Waals surface area contributed by atoms with Gasteiger partial charge in [0.1, 0.15) is 11.6 Å². The highest BCUT2D eigenvalue weighted by molar-refractivity contribution is 5.21. The maximum atomic E-state index is 13.5. The summed E-state index contributed by atoms with van der Waals surface area (Å²) in [6, 6.07) is 3.26. The van der Waals surface area contributed by atoms with Crippen molar-refractivity contribution >= 4 is 0 Å². The highest BCUT2D eigenvalue weighted by Crippen LogP contribution is 2.25. The van der Waals surface area contributed by atoms with Gasteiger partial charge in [-0.15, -0.1) is 0 Å². The second-order valence-electron chi connectivity index (χ2n) is 4.72. The van der Waals surface area contributed by atoms with Gasteiger partial charge in [0.25, 0.3) is 0 Å². The van der Waals surface area contributed by atoms with Crippen LogP contribution in [0.2, 0.25) is 0 Å². The first-order valence-electron chi connectivity index (χ1n) is 6.08. The maximum absolute atomic E-state index is 13.5. The summed E-state index contributed by atoms with van der Waals surface area (Å²) in [4.78, 5) is 0. The lowest BCUT2D eigenvalue weighted by Crippen LogP contribution is -2.32. The normalized spacial score (nSPS) is 22.4. The summed E-state index contributed by atoms with van der Waals surface area (Å²) in [6.07, 6.45) is 3.02. The molecule has 17 heavy (non-hydrogen) atoms. The van der Waals surface area contributed by atoms with Gasteiger partial charge in [-0.2, -0.15) is 0 Å². The largest absolute Gasteiger partial charge is 0.324 e. The molecule has 1 heterocycles. The Morgan fingerprint density at radius 2 is 2.24 bits per heavy atom. The van der Waals surface area contributed by atoms with Crippen LogP contribution in [-0.2, 0) is 0 Å². The number of nitrogens with one attached hydrogen (secondary N) is 1. The number of halogens is 2. The molecule has 1 aromatic rings. The first kappa shape index (κ1) is 12.5. The van der Waals surface area contributed by atoms with Crippen LogP contribution in [-0.4, -0.2) is 13.1 Å². The van der Waals surface area contributed by atoms with Crippen molar-refractivity contribution < 1.29 is 8.78 Å². The van der Waals surface area contributed by atoms with E-state index in [0.717, 1.165) is 38.4 Å². The van der Waals surface area contributed by atoms with Crippen LogP contribution < -0.4 is 11.1 Å². The lowest BCUT2D eigenvalue weighted by Gasteiger charge is -2.25. The highest BCUT2D eigenvalue weighted by Gasteiger charge is 2.19. The Hall–Kier alpha value is -1.00. The van der Waals surface area contributed by atoms with E-state index in [2.05, 4.69) is 5.32 Å². The molecule has 2 unspecified atom stereocenters. The van der Waals surface area contributed by atoms with E-state index in [1.165, 1.54) is 12.1 Å². The lowest BCUT2D eigenvalue weighted by atomic mass is 9.90. The predicted octanol–water partition coefficient (Wildman–Crippen LogP) is 2.35. The summed E-state index contributed by atoms with van der Waals surface area (Å²) in [5.74, 6) is -0.609. The molecule has 1 fully saturated rings. The molecule has 0 spiro atoms. The third kappa shape index (κ3) is 3.23. The molecule has 2 nitrogen and oxygen atoms in total. The number of benzene rings is 1. The average Bonchev–Trinajstić information content (AvgIpc) is 2.30. The Labute approximate surface area is 100 Å². The number of hydrogen-bond acceptors (Lipinski definition) is 2. The lowest BCUT2D eigenvalue weighted by molar-refractivity contribution is 0.334. The van der Waals surface area contributed by atoms with E-state index in [1.54, 1.807) is 0 Å². The van der Waals surface area contributed by atoms with Crippen molar-refractivity contribution in [2.75, 3.05) is 13.1 Å². The molecule has 4 heteroatoms. The van der Waals surface area contributed by atoms with Crippen molar-refractivity contribution in [3.8, 4) is 0 Å². The molecule has 2 rings (SSSR count). The maximum Gasteiger partial charge on any atom is 0.130 e. The van der Waals surface area contributed by atoms with Crippen LogP contribution >= 0.6 is 0 Å². The molecule has 0 radical (unpaired) electrons. The zero-order chi connectivity index (χ0) is 12.3. The van der Waals surface area contributed by atoms with Gasteiger partial charge in [0.15, 0.2) is 0 Å². The van der Waals surface area contributed by atoms with Crippen molar-refractivity contribution in [2.45, 2.75) is 25.3 Å². The highest BCUT2D eigenvalue weighted by atomic mass is 19.1. The molecule has 1 aliphatic rings. The van der Waals surface area contributed by atoms with Gasteiger partial charge in [0.2, 0.25) is 0 Å². The van der Waals surface area contributed by atoms with Gasteiger partial charge in [0.05, 0.1) is 0 Å². The van der Waals surface area contributed by atoms with E-state index in [-0.39, 0.29) is 6.04 Å². The number of rotatable bonds is 3. The molecule has 1 saturated heterocycles. The van der Waals surface area contributed by atoms with E-state index in [1.807, 2.05) is 0 Å². The molecule has 94 valence electrons. The van der Waals surface area contributed by atoms with Gasteiger partial charge >= 0.3 is 0 Å². The Balaban J connectivity index is 2.00. The molecular weight excluding hydrogens is 222 g/mol. The second kappa shape index (κ2) is 5.56. The first-order chi connectivity index (χ1) is 8.16. The summed E-state index contributed by atoms with van der Waals surface area (Å²) in [5, 5.41) is 3.31. The summed E-state index contributed by atoms with van der Waals surface area (Å²) in [5.41, 5.74) is 6.40. The molecule has 0 saturated carbocycles. The Bertz CT molecular complexity index is 376. The van der Waals surface area contributed by atoms with E-state index in [4.69, 9.17) is 5.73 Å². The summed E-state index contributed by atoms with van der Waals surface area (Å²) >= 11 is 0. The predicted molar refractivity (Wildman–Crippen MR) is 63.5 cm³/mol. The van der Waals surface area contributed by atoms with Gasteiger partial charge in [-0.1, -0.05) is 6.07 Å². The van der Waals surface area contributed by atoms with Gasteiger partial charge in [-0.25, -0.2) is 8.78 Å². The van der Waals surface area contributed by atoms with E-state index >= 15 is 0 Å². The molecule has 0 aromatic heterocycles. The van der Waals surface area contributed by atoms with Crippen LogP contribution in [0.5, 0.6) is 0 Å². The second-order valence-corrected chi connectivity index (χ2v) is 4.72. The molecule has 2 atom stereocenters. The summed E-state index contributed by atoms with van der Waals surface area (Å²) in [6.45, 7) is 1.99. The van der Waals surface area contributed by atoms with Crippen molar-refractivity contribution in [1.29, 1.82) is 0 Å². The fraction of sp³-hybridized carbons (Fsp3) is 0.538. The molecule has 3 N–H and O–H groups in total. The van der Waals surface area contributed by atoms with Crippen LogP contribution in [0, 0.1) is 17.6 Å². The molecule has 0 bridgehead atoms. The summed E-state index contributed by atoms with van der Waals surface area (Å²) < 4.78 is 26.3. The minimum Gasteiger partial charge on any atom is -0.324 e. The minimum atomic E-state index is -0.558. The first-order valence-corrected chi connectivity index (χ1v) is 6.08. The number of piperidine rings is 1. The fourth-order valence-corrected chi connectivity index (χ4v) is 2.41. The zero-order valence-electron chi connectivity index (χ0n) is 9.76. The Morgan fingerprint density at radius 1 is 1.41 bits per heavy atom. The monoisotopic (exact) mass is 240 g/mol. The van der Waals surface area contributed by atoms with Crippen LogP contribution in [0.25, 0.3) is 0 Å². The SMILES string of the molecule is NC(CC1CCCNC1)c1ccc(F)cc1F. The van der Waals surface area contributed by atoms with Crippen LogP contribution in [0.3, 0.4) is 0 Å². The van der Waals surface area contributed by atoms with Crippen LogP contribution in [0.15, 0.2) is 18.2 Å². The van der Waals surface area contributed by atoms with E-state index in [0.29, 0.717) is 11.5 Å². The number of hydrogen-bond donors (Lipinski definition) is 2. The third-order valence-electron chi connectivity index (χ3n) is 3.35. The quantitative estimate of drug-likeness (QED) is 0.851. The van der Waals surface area contributed by atoms with Gasteiger partial charge in [-0.05, 0) is 44.3 Å². The van der Waals surface area contributed by atoms with E-state index < -0.39 is 11.6 Å². The third-order valence-corrected chi connectivity index (χ3v) is 3.35. The van der Waals surface area contributed by atoms with Crippen molar-refractivity contribution in [3.05, 3.63) is 35.4 Å². The zero-order valence-corrected chi connectivity index (χ0v) is 9.76. The molecule has 0 aliphatic carbocycles. The molecule has 1 aliphatic heterocycles. The van der Waals surface area contributed by atoms with Gasteiger partial charge < -0.3 is 11.1 Å². The Morgan fingerprint density at radius 3 is 2.88 bits per heavy atom. The number of nitrogens with two attached hydrogens (primary N) is 1. The minimum absolute atomic E-state index is 0.347. The average molecular weight is 240 g/mol. The Kier molecular flexibility index (Phi) is 4.07. The molecule has 1 aromatic carbocycles. The van der Waals surface area contributed by atoms with Crippen molar-refractivity contribution in [3.63, 3.8) is 0 Å². The fourth-order valence-electron chi connectivity index (χ4n) is 2.41. The van der Waals surface area contributed by atoms with Crippen LogP contribution in [0.4, 0.5) is 8.78 Å². The topological polar surface area (TPSA) is 38.0 Å². The van der Waals surface area contributed by atoms with Crippen molar-refractivity contribution in [1.82, 2.24) is 5.32 Å².